The Bertz CT molecular complexity index is 683. The number of ether oxygens (including phenoxy) is 2. The average Bonchev–Trinajstić information content (AvgIpc) is 2.63. The van der Waals surface area contributed by atoms with Crippen LogP contribution in [0.1, 0.15) is 45.6 Å². The lowest BCUT2D eigenvalue weighted by Crippen LogP contribution is -2.47. The molecule has 1 aromatic carbocycles. The fourth-order valence-electron chi connectivity index (χ4n) is 3.19. The van der Waals surface area contributed by atoms with E-state index in [9.17, 15) is 9.59 Å². The van der Waals surface area contributed by atoms with Gasteiger partial charge in [0.1, 0.15) is 11.8 Å². The minimum absolute atomic E-state index is 0.117. The summed E-state index contributed by atoms with van der Waals surface area (Å²) >= 11 is 0. The third-order valence-electron chi connectivity index (χ3n) is 5.06. The van der Waals surface area contributed by atoms with Crippen molar-refractivity contribution < 1.29 is 19.1 Å². The van der Waals surface area contributed by atoms with Crippen molar-refractivity contribution in [2.24, 2.45) is 11.8 Å². The molecule has 0 spiro atoms. The van der Waals surface area contributed by atoms with Gasteiger partial charge in [0.15, 0.2) is 12.7 Å². The number of nitriles is 1. The molecule has 6 heteroatoms. The highest BCUT2D eigenvalue weighted by Gasteiger charge is 2.30. The number of esters is 1. The number of benzene rings is 1. The Morgan fingerprint density at radius 2 is 2.04 bits per heavy atom. The lowest BCUT2D eigenvalue weighted by atomic mass is 9.78. The van der Waals surface area contributed by atoms with E-state index in [0.29, 0.717) is 23.1 Å². The van der Waals surface area contributed by atoms with Gasteiger partial charge in [0.05, 0.1) is 5.56 Å². The Labute approximate surface area is 154 Å². The second kappa shape index (κ2) is 9.23. The lowest BCUT2D eigenvalue weighted by molar-refractivity contribution is -0.157. The number of hydrogen-bond donors (Lipinski definition) is 1. The quantitative estimate of drug-likeness (QED) is 0.790. The molecule has 6 nitrogen and oxygen atoms in total. The van der Waals surface area contributed by atoms with Crippen molar-refractivity contribution in [3.05, 3.63) is 29.8 Å². The molecule has 1 N–H and O–H groups in total. The standard InChI is InChI=1S/C20H26N2O4/c1-13-7-6-9-17(14(13)2)22-20(24)15(3)26-19(23)12-25-18-10-5-4-8-16(18)11-21/h4-5,8,10,13-15,17H,6-7,9,12H2,1-3H3,(H,22,24)/t13-,14+,15+,17+/m0/s1. The summed E-state index contributed by atoms with van der Waals surface area (Å²) in [5, 5.41) is 12.0. The van der Waals surface area contributed by atoms with Gasteiger partial charge >= 0.3 is 5.97 Å². The van der Waals surface area contributed by atoms with E-state index in [4.69, 9.17) is 14.7 Å². The summed E-state index contributed by atoms with van der Waals surface area (Å²) < 4.78 is 10.5. The van der Waals surface area contributed by atoms with Crippen molar-refractivity contribution in [2.75, 3.05) is 6.61 Å². The summed E-state index contributed by atoms with van der Waals surface area (Å²) in [7, 11) is 0. The van der Waals surface area contributed by atoms with E-state index < -0.39 is 12.1 Å². The van der Waals surface area contributed by atoms with Gasteiger partial charge in [-0.3, -0.25) is 4.79 Å². The van der Waals surface area contributed by atoms with Crippen LogP contribution in [0.3, 0.4) is 0 Å². The SMILES string of the molecule is C[C@@H]1[C@@H](C)CCC[C@H]1NC(=O)[C@@H](C)OC(=O)COc1ccccc1C#N. The summed E-state index contributed by atoms with van der Waals surface area (Å²) in [4.78, 5) is 24.2. The molecule has 0 aliphatic heterocycles. The number of hydrogen-bond acceptors (Lipinski definition) is 5. The van der Waals surface area contributed by atoms with Crippen molar-refractivity contribution >= 4 is 11.9 Å². The zero-order valence-corrected chi connectivity index (χ0v) is 15.5. The molecular weight excluding hydrogens is 332 g/mol. The van der Waals surface area contributed by atoms with Crippen molar-refractivity contribution in [3.8, 4) is 11.8 Å². The molecule has 0 heterocycles. The summed E-state index contributed by atoms with van der Waals surface area (Å²) in [5.41, 5.74) is 0.339. The molecule has 1 fully saturated rings. The number of carbonyl (C=O) groups excluding carboxylic acids is 2. The smallest absolute Gasteiger partial charge is 0.344 e. The van der Waals surface area contributed by atoms with Crippen LogP contribution in [0.15, 0.2) is 24.3 Å². The summed E-state index contributed by atoms with van der Waals surface area (Å²) in [6, 6.07) is 8.74. The van der Waals surface area contributed by atoms with Gasteiger partial charge in [-0.1, -0.05) is 38.8 Å². The summed E-state index contributed by atoms with van der Waals surface area (Å²) in [6.07, 6.45) is 2.34. The predicted molar refractivity (Wildman–Crippen MR) is 96.3 cm³/mol. The van der Waals surface area contributed by atoms with E-state index in [2.05, 4.69) is 19.2 Å². The third-order valence-corrected chi connectivity index (χ3v) is 5.06. The number of para-hydroxylation sites is 1. The number of rotatable bonds is 6. The molecule has 1 aliphatic rings. The Hall–Kier alpha value is -2.55. The van der Waals surface area contributed by atoms with Gasteiger partial charge in [0, 0.05) is 6.04 Å². The van der Waals surface area contributed by atoms with Crippen molar-refractivity contribution in [2.45, 2.75) is 52.2 Å². The van der Waals surface area contributed by atoms with Gasteiger partial charge in [-0.05, 0) is 37.3 Å². The van der Waals surface area contributed by atoms with Crippen LogP contribution in [0.25, 0.3) is 0 Å². The van der Waals surface area contributed by atoms with Gasteiger partial charge in [-0.2, -0.15) is 5.26 Å². The number of carbonyl (C=O) groups is 2. The fourth-order valence-corrected chi connectivity index (χ4v) is 3.19. The first-order chi connectivity index (χ1) is 12.4. The maximum atomic E-state index is 12.3. The zero-order chi connectivity index (χ0) is 19.1. The second-order valence-corrected chi connectivity index (χ2v) is 6.91. The molecule has 1 amide bonds. The van der Waals surface area contributed by atoms with Crippen molar-refractivity contribution in [1.29, 1.82) is 5.26 Å². The average molecular weight is 358 g/mol. The number of amides is 1. The van der Waals surface area contributed by atoms with Crippen LogP contribution in [-0.4, -0.2) is 30.6 Å². The van der Waals surface area contributed by atoms with Gasteiger partial charge in [-0.15, -0.1) is 0 Å². The molecular formula is C20H26N2O4. The molecule has 0 unspecified atom stereocenters. The first-order valence-electron chi connectivity index (χ1n) is 9.04. The summed E-state index contributed by atoms with van der Waals surface area (Å²) in [5.74, 6) is 0.350. The highest BCUT2D eigenvalue weighted by atomic mass is 16.6. The predicted octanol–water partition coefficient (Wildman–Crippen LogP) is 2.81. The first kappa shape index (κ1) is 19.8. The Morgan fingerprint density at radius 1 is 1.31 bits per heavy atom. The Morgan fingerprint density at radius 3 is 2.77 bits per heavy atom. The first-order valence-corrected chi connectivity index (χ1v) is 9.04. The van der Waals surface area contributed by atoms with Gasteiger partial charge in [0.25, 0.3) is 5.91 Å². The van der Waals surface area contributed by atoms with Crippen molar-refractivity contribution in [3.63, 3.8) is 0 Å². The van der Waals surface area contributed by atoms with E-state index in [0.717, 1.165) is 12.8 Å². The van der Waals surface area contributed by atoms with Crippen LogP contribution in [0.5, 0.6) is 5.75 Å². The van der Waals surface area contributed by atoms with E-state index >= 15 is 0 Å². The monoisotopic (exact) mass is 358 g/mol. The van der Waals surface area contributed by atoms with E-state index in [-0.39, 0.29) is 18.6 Å². The molecule has 1 aliphatic carbocycles. The van der Waals surface area contributed by atoms with E-state index in [1.54, 1.807) is 31.2 Å². The molecule has 1 aromatic rings. The topological polar surface area (TPSA) is 88.4 Å². The van der Waals surface area contributed by atoms with E-state index in [1.807, 2.05) is 6.07 Å². The van der Waals surface area contributed by atoms with E-state index in [1.165, 1.54) is 6.42 Å². The molecule has 2 rings (SSSR count). The normalized spacial score (nSPS) is 23.4. The van der Waals surface area contributed by atoms with Crippen LogP contribution in [-0.2, 0) is 14.3 Å². The molecule has 26 heavy (non-hydrogen) atoms. The maximum Gasteiger partial charge on any atom is 0.344 e. The van der Waals surface area contributed by atoms with Crippen LogP contribution < -0.4 is 10.1 Å². The van der Waals surface area contributed by atoms with Gasteiger partial charge in [0.2, 0.25) is 0 Å². The zero-order valence-electron chi connectivity index (χ0n) is 15.5. The molecule has 4 atom stereocenters. The fraction of sp³-hybridized carbons (Fsp3) is 0.550. The largest absolute Gasteiger partial charge is 0.481 e. The molecule has 0 radical (unpaired) electrons. The third kappa shape index (κ3) is 5.22. The van der Waals surface area contributed by atoms with Crippen LogP contribution in [0.2, 0.25) is 0 Å². The lowest BCUT2D eigenvalue weighted by Gasteiger charge is -2.35. The Kier molecular flexibility index (Phi) is 7.02. The van der Waals surface area contributed by atoms with Gasteiger partial charge in [-0.25, -0.2) is 4.79 Å². The molecule has 0 aromatic heterocycles. The van der Waals surface area contributed by atoms with Crippen LogP contribution >= 0.6 is 0 Å². The van der Waals surface area contributed by atoms with Crippen LogP contribution in [0, 0.1) is 23.2 Å². The minimum atomic E-state index is -0.887. The number of nitrogens with zero attached hydrogens (tertiary/aromatic N) is 1. The van der Waals surface area contributed by atoms with Crippen LogP contribution in [0.4, 0.5) is 0 Å². The Balaban J connectivity index is 1.81. The second-order valence-electron chi connectivity index (χ2n) is 6.91. The van der Waals surface area contributed by atoms with Crippen molar-refractivity contribution in [1.82, 2.24) is 5.32 Å². The molecule has 0 bridgehead atoms. The molecule has 0 saturated heterocycles. The van der Waals surface area contributed by atoms with Gasteiger partial charge < -0.3 is 14.8 Å². The highest BCUT2D eigenvalue weighted by molar-refractivity contribution is 5.84. The number of nitrogens with one attached hydrogen (secondary N) is 1. The summed E-state index contributed by atoms with van der Waals surface area (Å²) in [6.45, 7) is 5.54. The highest BCUT2D eigenvalue weighted by Crippen LogP contribution is 2.29. The molecule has 1 saturated carbocycles. The molecule has 140 valence electrons. The minimum Gasteiger partial charge on any atom is -0.481 e. The maximum absolute atomic E-state index is 12.3.